The highest BCUT2D eigenvalue weighted by Crippen LogP contribution is 2.32. The van der Waals surface area contributed by atoms with E-state index in [2.05, 4.69) is 16.9 Å². The Labute approximate surface area is 171 Å². The van der Waals surface area contributed by atoms with E-state index in [9.17, 15) is 18.0 Å². The highest BCUT2D eigenvalue weighted by Gasteiger charge is 2.35. The van der Waals surface area contributed by atoms with E-state index < -0.39 is 12.0 Å². The van der Waals surface area contributed by atoms with Crippen molar-refractivity contribution >= 4 is 28.6 Å². The number of alkyl halides is 3. The smallest absolute Gasteiger partial charge is 0.341 e. The van der Waals surface area contributed by atoms with Gasteiger partial charge in [0, 0.05) is 19.0 Å². The first-order valence-corrected chi connectivity index (χ1v) is 10.0. The Morgan fingerprint density at radius 2 is 1.69 bits per heavy atom. The van der Waals surface area contributed by atoms with Crippen molar-refractivity contribution < 1.29 is 18.0 Å². The van der Waals surface area contributed by atoms with Gasteiger partial charge in [-0.3, -0.25) is 4.79 Å². The zero-order valence-corrected chi connectivity index (χ0v) is 16.8. The van der Waals surface area contributed by atoms with E-state index in [4.69, 9.17) is 0 Å². The van der Waals surface area contributed by atoms with Crippen LogP contribution in [0.1, 0.15) is 23.9 Å². The first-order chi connectivity index (χ1) is 13.8. The number of aromatic nitrogens is 2. The predicted molar refractivity (Wildman–Crippen MR) is 108 cm³/mol. The zero-order valence-electron chi connectivity index (χ0n) is 16.0. The van der Waals surface area contributed by atoms with Crippen LogP contribution in [0, 0.1) is 0 Å². The molecule has 0 N–H and O–H groups in total. The van der Waals surface area contributed by atoms with Crippen LogP contribution in [0.3, 0.4) is 0 Å². The monoisotopic (exact) mass is 419 g/mol. The van der Waals surface area contributed by atoms with E-state index in [0.29, 0.717) is 11.9 Å². The summed E-state index contributed by atoms with van der Waals surface area (Å²) in [6.07, 6.45) is -3.71. The molecule has 29 heavy (non-hydrogen) atoms. The normalized spacial score (nSPS) is 11.6. The van der Waals surface area contributed by atoms with E-state index in [0.717, 1.165) is 23.7 Å². The lowest BCUT2D eigenvalue weighted by Gasteiger charge is -2.17. The Kier molecular flexibility index (Phi) is 6.42. The molecule has 1 heterocycles. The molecule has 0 atom stereocenters. The van der Waals surface area contributed by atoms with Crippen molar-refractivity contribution in [3.8, 4) is 0 Å². The van der Waals surface area contributed by atoms with Gasteiger partial charge in [0.05, 0.1) is 11.3 Å². The van der Waals surface area contributed by atoms with Crippen LogP contribution in [0.5, 0.6) is 0 Å². The number of carbonyl (C=O) groups is 1. The second-order valence-corrected chi connectivity index (χ2v) is 7.54. The summed E-state index contributed by atoms with van der Waals surface area (Å²) >= 11 is 0.991. The third-order valence-corrected chi connectivity index (χ3v) is 5.41. The van der Waals surface area contributed by atoms with Crippen LogP contribution in [0.15, 0.2) is 53.6 Å². The van der Waals surface area contributed by atoms with Gasteiger partial charge in [0.2, 0.25) is 11.7 Å². The Morgan fingerprint density at radius 3 is 2.34 bits per heavy atom. The van der Waals surface area contributed by atoms with E-state index >= 15 is 0 Å². The van der Waals surface area contributed by atoms with Gasteiger partial charge in [0.25, 0.3) is 0 Å². The molecule has 3 aromatic rings. The highest BCUT2D eigenvalue weighted by atomic mass is 32.2. The molecule has 152 valence electrons. The van der Waals surface area contributed by atoms with Gasteiger partial charge >= 0.3 is 6.18 Å². The number of hydrogen-bond acceptors (Lipinski definition) is 4. The predicted octanol–water partition coefficient (Wildman–Crippen LogP) is 4.96. The Bertz CT molecular complexity index is 1010. The number of aryl methyl sites for hydroxylation is 1. The fourth-order valence-corrected chi connectivity index (χ4v) is 3.73. The molecule has 4 nitrogen and oxygen atoms in total. The molecule has 2 aromatic carbocycles. The Hall–Kier alpha value is -2.61. The summed E-state index contributed by atoms with van der Waals surface area (Å²) < 4.78 is 39.3. The largest absolute Gasteiger partial charge is 0.451 e. The van der Waals surface area contributed by atoms with Crippen LogP contribution < -0.4 is 0 Å². The first-order valence-electron chi connectivity index (χ1n) is 9.06. The number of rotatable bonds is 6. The van der Waals surface area contributed by atoms with Gasteiger partial charge in [-0.05, 0) is 23.6 Å². The van der Waals surface area contributed by atoms with Gasteiger partial charge < -0.3 is 4.90 Å². The molecule has 3 rings (SSSR count). The molecule has 0 aliphatic heterocycles. The number of nitrogens with zero attached hydrogens (tertiary/aromatic N) is 3. The Balaban J connectivity index is 1.72. The van der Waals surface area contributed by atoms with E-state index in [1.165, 1.54) is 11.6 Å². The summed E-state index contributed by atoms with van der Waals surface area (Å²) in [6.45, 7) is 2.50. The van der Waals surface area contributed by atoms with E-state index in [1.807, 2.05) is 24.3 Å². The fraction of sp³-hybridized carbons (Fsp3) is 0.286. The van der Waals surface area contributed by atoms with E-state index in [-0.39, 0.29) is 22.2 Å². The fourth-order valence-electron chi connectivity index (χ4n) is 2.77. The minimum Gasteiger partial charge on any atom is -0.341 e. The summed E-state index contributed by atoms with van der Waals surface area (Å²) in [5, 5.41) is 0.646. The molecule has 0 radical (unpaired) electrons. The second-order valence-electron chi connectivity index (χ2n) is 6.58. The zero-order chi connectivity index (χ0) is 21.0. The lowest BCUT2D eigenvalue weighted by atomic mass is 10.1. The lowest BCUT2D eigenvalue weighted by Crippen LogP contribution is -2.27. The Morgan fingerprint density at radius 1 is 1.03 bits per heavy atom. The standard InChI is InChI=1S/C21H20F3N3OS/c1-3-14-8-10-15(11-9-14)12-27(2)18(28)13-29-19-16-6-4-5-7-17(16)25-20(26-19)21(22,23)24/h4-11H,3,12-13H2,1-2H3. The maximum Gasteiger partial charge on any atom is 0.451 e. The van der Waals surface area contributed by atoms with Crippen molar-refractivity contribution in [2.45, 2.75) is 31.1 Å². The molecule has 0 fully saturated rings. The van der Waals surface area contributed by atoms with Gasteiger partial charge in [-0.15, -0.1) is 0 Å². The van der Waals surface area contributed by atoms with Crippen LogP contribution >= 0.6 is 11.8 Å². The number of para-hydroxylation sites is 1. The van der Waals surface area contributed by atoms with Crippen molar-refractivity contribution in [1.29, 1.82) is 0 Å². The van der Waals surface area contributed by atoms with Crippen molar-refractivity contribution in [2.24, 2.45) is 0 Å². The van der Waals surface area contributed by atoms with Gasteiger partial charge in [-0.2, -0.15) is 13.2 Å². The van der Waals surface area contributed by atoms with Gasteiger partial charge in [-0.1, -0.05) is 61.2 Å². The van der Waals surface area contributed by atoms with E-state index in [1.54, 1.807) is 30.1 Å². The minimum atomic E-state index is -4.65. The quantitative estimate of drug-likeness (QED) is 0.418. The van der Waals surface area contributed by atoms with Crippen LogP contribution in [-0.4, -0.2) is 33.6 Å². The number of halogens is 3. The van der Waals surface area contributed by atoms with Crippen molar-refractivity contribution in [1.82, 2.24) is 14.9 Å². The maximum absolute atomic E-state index is 13.1. The number of amides is 1. The van der Waals surface area contributed by atoms with Crippen LogP contribution in [0.2, 0.25) is 0 Å². The number of thioether (sulfide) groups is 1. The van der Waals surface area contributed by atoms with Crippen LogP contribution in [0.25, 0.3) is 10.9 Å². The minimum absolute atomic E-state index is 0.0121. The van der Waals surface area contributed by atoms with Gasteiger partial charge in [0.1, 0.15) is 5.03 Å². The molecule has 8 heteroatoms. The lowest BCUT2D eigenvalue weighted by molar-refractivity contribution is -0.145. The molecule has 0 unspecified atom stereocenters. The van der Waals surface area contributed by atoms with Crippen molar-refractivity contribution in [2.75, 3.05) is 12.8 Å². The third kappa shape index (κ3) is 5.26. The molecule has 0 aliphatic rings. The molecular formula is C21H20F3N3OS. The van der Waals surface area contributed by atoms with Gasteiger partial charge in [-0.25, -0.2) is 9.97 Å². The van der Waals surface area contributed by atoms with Crippen molar-refractivity contribution in [3.63, 3.8) is 0 Å². The van der Waals surface area contributed by atoms with Gasteiger partial charge in [0.15, 0.2) is 0 Å². The molecule has 0 aliphatic carbocycles. The van der Waals surface area contributed by atoms with Crippen molar-refractivity contribution in [3.05, 3.63) is 65.5 Å². The van der Waals surface area contributed by atoms with Crippen LogP contribution in [-0.2, 0) is 23.9 Å². The van der Waals surface area contributed by atoms with Crippen LogP contribution in [0.4, 0.5) is 13.2 Å². The number of fused-ring (bicyclic) bond motifs is 1. The number of benzene rings is 2. The summed E-state index contributed by atoms with van der Waals surface area (Å²) in [5.41, 5.74) is 2.42. The molecule has 1 aromatic heterocycles. The third-order valence-electron chi connectivity index (χ3n) is 4.43. The second kappa shape index (κ2) is 8.82. The molecule has 1 amide bonds. The topological polar surface area (TPSA) is 46.1 Å². The average Bonchev–Trinajstić information content (AvgIpc) is 2.71. The summed E-state index contributed by atoms with van der Waals surface area (Å²) in [5.74, 6) is -1.40. The SMILES string of the molecule is CCc1ccc(CN(C)C(=O)CSc2nc(C(F)(F)F)nc3ccccc23)cc1. The molecule has 0 saturated heterocycles. The summed E-state index contributed by atoms with van der Waals surface area (Å²) in [4.78, 5) is 21.3. The molecular weight excluding hydrogens is 399 g/mol. The maximum atomic E-state index is 13.1. The molecule has 0 spiro atoms. The number of carbonyl (C=O) groups excluding carboxylic acids is 1. The molecule has 0 bridgehead atoms. The average molecular weight is 419 g/mol. The molecule has 0 saturated carbocycles. The summed E-state index contributed by atoms with van der Waals surface area (Å²) in [7, 11) is 1.68. The number of hydrogen-bond donors (Lipinski definition) is 0. The summed E-state index contributed by atoms with van der Waals surface area (Å²) in [6, 6.07) is 14.5. The highest BCUT2D eigenvalue weighted by molar-refractivity contribution is 8.00. The first kappa shape index (κ1) is 21.1.